The maximum absolute atomic E-state index is 13.1. The van der Waals surface area contributed by atoms with Crippen molar-refractivity contribution in [3.8, 4) is 23.0 Å². The fourth-order valence-corrected chi connectivity index (χ4v) is 3.79. The molecule has 7 nitrogen and oxygen atoms in total. The number of ketones is 1. The highest BCUT2D eigenvalue weighted by Gasteiger charge is 2.30. The van der Waals surface area contributed by atoms with Gasteiger partial charge in [-0.3, -0.25) is 14.4 Å². The first kappa shape index (κ1) is 32.6. The minimum atomic E-state index is -0.700. The van der Waals surface area contributed by atoms with Crippen LogP contribution in [0.3, 0.4) is 0 Å². The van der Waals surface area contributed by atoms with Crippen LogP contribution in [-0.4, -0.2) is 30.9 Å². The Balaban J connectivity index is 2.58. The molecule has 0 heterocycles. The predicted molar refractivity (Wildman–Crippen MR) is 158 cm³/mol. The molecule has 2 aromatic rings. The van der Waals surface area contributed by atoms with Gasteiger partial charge in [0.1, 0.15) is 23.0 Å². The first-order chi connectivity index (χ1) is 18.5. The Bertz CT molecular complexity index is 1250. The Morgan fingerprint density at radius 2 is 1.27 bits per heavy atom. The molecular weight excluding hydrogens is 508 g/mol. The van der Waals surface area contributed by atoms with Gasteiger partial charge in [0.15, 0.2) is 5.78 Å². The molecule has 0 bridgehead atoms. The van der Waals surface area contributed by atoms with Crippen molar-refractivity contribution in [2.24, 2.45) is 10.8 Å². The maximum atomic E-state index is 13.1. The van der Waals surface area contributed by atoms with E-state index in [0.717, 1.165) is 11.1 Å². The third-order valence-corrected chi connectivity index (χ3v) is 6.02. The molecule has 0 aliphatic heterocycles. The van der Waals surface area contributed by atoms with Gasteiger partial charge in [0.25, 0.3) is 0 Å². The highest BCUT2D eigenvalue weighted by atomic mass is 16.5. The fourth-order valence-electron chi connectivity index (χ4n) is 3.79. The molecule has 0 radical (unpaired) electrons. The molecule has 0 saturated heterocycles. The molecule has 0 unspecified atom stereocenters. The lowest BCUT2D eigenvalue weighted by Gasteiger charge is -2.26. The van der Waals surface area contributed by atoms with Crippen molar-refractivity contribution >= 4 is 23.8 Å². The summed E-state index contributed by atoms with van der Waals surface area (Å²) in [6.45, 7) is 18.5. The maximum Gasteiger partial charge on any atom is 0.316 e. The van der Waals surface area contributed by atoms with Crippen molar-refractivity contribution in [3.05, 3.63) is 52.6 Å². The van der Waals surface area contributed by atoms with Gasteiger partial charge in [-0.25, -0.2) is 0 Å². The zero-order valence-corrected chi connectivity index (χ0v) is 25.8. The third-order valence-electron chi connectivity index (χ3n) is 6.02. The van der Waals surface area contributed by atoms with E-state index in [-0.39, 0.29) is 23.8 Å². The molecule has 0 aliphatic carbocycles. The third kappa shape index (κ3) is 7.96. The van der Waals surface area contributed by atoms with E-state index in [1.54, 1.807) is 79.0 Å². The molecule has 40 heavy (non-hydrogen) atoms. The summed E-state index contributed by atoms with van der Waals surface area (Å²) in [5.41, 5.74) is 1.16. The number of allylic oxidation sites excluding steroid dienone is 1. The number of methoxy groups -OCH3 is 1. The summed E-state index contributed by atoms with van der Waals surface area (Å²) < 4.78 is 23.5. The second-order valence-corrected chi connectivity index (χ2v) is 11.9. The standard InChI is InChI=1S/C33H44O7/c1-12-23-27(37-11)25(29(38-20(3)4)24(13-2)28(23)40-31(36)33(8,9)10)18-19-26(34)21-14-16-22(17-15-21)39-30(35)32(5,6)7/h14-20H,12-13H2,1-11H3. The van der Waals surface area contributed by atoms with Crippen LogP contribution >= 0.6 is 0 Å². The predicted octanol–water partition coefficient (Wildman–Crippen LogP) is 7.41. The summed E-state index contributed by atoms with van der Waals surface area (Å²) in [6, 6.07) is 6.43. The molecule has 0 fully saturated rings. The first-order valence-corrected chi connectivity index (χ1v) is 13.7. The minimum Gasteiger partial charge on any atom is -0.496 e. The summed E-state index contributed by atoms with van der Waals surface area (Å²) >= 11 is 0. The second-order valence-electron chi connectivity index (χ2n) is 11.9. The zero-order valence-electron chi connectivity index (χ0n) is 25.8. The minimum absolute atomic E-state index is 0.181. The number of hydrogen-bond donors (Lipinski definition) is 0. The molecule has 0 spiro atoms. The first-order valence-electron chi connectivity index (χ1n) is 13.7. The normalized spacial score (nSPS) is 12.0. The van der Waals surface area contributed by atoms with Gasteiger partial charge in [-0.15, -0.1) is 0 Å². The highest BCUT2D eigenvalue weighted by molar-refractivity contribution is 6.07. The van der Waals surface area contributed by atoms with Gasteiger partial charge >= 0.3 is 11.9 Å². The second kappa shape index (κ2) is 13.2. The average Bonchev–Trinajstić information content (AvgIpc) is 2.86. The van der Waals surface area contributed by atoms with Crippen LogP contribution in [0.25, 0.3) is 6.08 Å². The van der Waals surface area contributed by atoms with Gasteiger partial charge in [0, 0.05) is 16.7 Å². The van der Waals surface area contributed by atoms with Gasteiger partial charge in [0.2, 0.25) is 0 Å². The highest BCUT2D eigenvalue weighted by Crippen LogP contribution is 2.46. The SMILES string of the molecule is CCc1c(OC)c(C=CC(=O)c2ccc(OC(=O)C(C)(C)C)cc2)c(OC(C)C)c(CC)c1OC(=O)C(C)(C)C. The Morgan fingerprint density at radius 1 is 0.775 bits per heavy atom. The van der Waals surface area contributed by atoms with Crippen molar-refractivity contribution in [2.45, 2.75) is 88.2 Å². The summed E-state index contributed by atoms with van der Waals surface area (Å²) in [6.07, 6.45) is 4.03. The number of ether oxygens (including phenoxy) is 4. The van der Waals surface area contributed by atoms with Crippen molar-refractivity contribution < 1.29 is 33.3 Å². The molecule has 2 rings (SSSR count). The summed E-state index contributed by atoms with van der Waals surface area (Å²) in [4.78, 5) is 38.2. The molecule has 0 aromatic heterocycles. The molecule has 2 aromatic carbocycles. The lowest BCUT2D eigenvalue weighted by molar-refractivity contribution is -0.143. The Morgan fingerprint density at radius 3 is 1.73 bits per heavy atom. The number of carbonyl (C=O) groups is 3. The molecule has 0 N–H and O–H groups in total. The van der Waals surface area contributed by atoms with Gasteiger partial charge in [-0.1, -0.05) is 13.8 Å². The number of hydrogen-bond acceptors (Lipinski definition) is 7. The van der Waals surface area contributed by atoms with E-state index in [2.05, 4.69) is 0 Å². The number of benzene rings is 2. The van der Waals surface area contributed by atoms with Crippen LogP contribution < -0.4 is 18.9 Å². The van der Waals surface area contributed by atoms with E-state index in [9.17, 15) is 14.4 Å². The molecule has 0 atom stereocenters. The van der Waals surface area contributed by atoms with Gasteiger partial charge < -0.3 is 18.9 Å². The number of esters is 2. The molecule has 7 heteroatoms. The van der Waals surface area contributed by atoms with Crippen molar-refractivity contribution in [1.82, 2.24) is 0 Å². The van der Waals surface area contributed by atoms with E-state index in [0.29, 0.717) is 47.0 Å². The summed E-state index contributed by atoms with van der Waals surface area (Å²) in [7, 11) is 1.55. The van der Waals surface area contributed by atoms with Crippen molar-refractivity contribution in [2.75, 3.05) is 7.11 Å². The van der Waals surface area contributed by atoms with E-state index in [1.165, 1.54) is 6.08 Å². The van der Waals surface area contributed by atoms with Gasteiger partial charge in [0.05, 0.1) is 29.6 Å². The fraction of sp³-hybridized carbons (Fsp3) is 0.485. The topological polar surface area (TPSA) is 88.1 Å². The van der Waals surface area contributed by atoms with Crippen LogP contribution in [0.5, 0.6) is 23.0 Å². The largest absolute Gasteiger partial charge is 0.496 e. The smallest absolute Gasteiger partial charge is 0.316 e. The summed E-state index contributed by atoms with van der Waals surface area (Å²) in [5, 5.41) is 0. The van der Waals surface area contributed by atoms with Crippen LogP contribution in [0.2, 0.25) is 0 Å². The Labute approximate surface area is 238 Å². The Hall–Kier alpha value is -3.61. The van der Waals surface area contributed by atoms with Crippen LogP contribution in [0.1, 0.15) is 96.3 Å². The average molecular weight is 553 g/mol. The van der Waals surface area contributed by atoms with Crippen molar-refractivity contribution in [1.29, 1.82) is 0 Å². The molecular formula is C33H44O7. The van der Waals surface area contributed by atoms with E-state index in [4.69, 9.17) is 18.9 Å². The van der Waals surface area contributed by atoms with Crippen LogP contribution in [0.15, 0.2) is 30.3 Å². The van der Waals surface area contributed by atoms with E-state index in [1.807, 2.05) is 27.7 Å². The quantitative estimate of drug-likeness (QED) is 0.131. The molecule has 0 amide bonds. The number of carbonyl (C=O) groups excluding carboxylic acids is 3. The number of rotatable bonds is 10. The summed E-state index contributed by atoms with van der Waals surface area (Å²) in [5.74, 6) is 0.857. The van der Waals surface area contributed by atoms with Crippen molar-refractivity contribution in [3.63, 3.8) is 0 Å². The van der Waals surface area contributed by atoms with Gasteiger partial charge in [-0.05, 0) is 105 Å². The van der Waals surface area contributed by atoms with Crippen LogP contribution in [0.4, 0.5) is 0 Å². The molecule has 0 saturated carbocycles. The van der Waals surface area contributed by atoms with Crippen LogP contribution in [0, 0.1) is 10.8 Å². The zero-order chi connectivity index (χ0) is 30.4. The molecule has 0 aliphatic rings. The van der Waals surface area contributed by atoms with Crippen LogP contribution in [-0.2, 0) is 22.4 Å². The molecule has 218 valence electrons. The lowest BCUT2D eigenvalue weighted by Crippen LogP contribution is -2.27. The monoisotopic (exact) mass is 552 g/mol. The van der Waals surface area contributed by atoms with E-state index >= 15 is 0 Å². The lowest BCUT2D eigenvalue weighted by atomic mass is 9.94. The van der Waals surface area contributed by atoms with Gasteiger partial charge in [-0.2, -0.15) is 0 Å². The van der Waals surface area contributed by atoms with E-state index < -0.39 is 10.8 Å². The Kier molecular flexibility index (Phi) is 10.7.